The van der Waals surface area contributed by atoms with Crippen molar-refractivity contribution in [1.82, 2.24) is 19.8 Å². The van der Waals surface area contributed by atoms with Gasteiger partial charge in [-0.15, -0.1) is 0 Å². The van der Waals surface area contributed by atoms with Crippen LogP contribution in [0.5, 0.6) is 5.75 Å². The predicted octanol–water partition coefficient (Wildman–Crippen LogP) is 4.20. The molecule has 2 amide bonds. The molecule has 4 aliphatic heterocycles. The molecule has 3 fully saturated rings. The highest BCUT2D eigenvalue weighted by molar-refractivity contribution is 6.12. The summed E-state index contributed by atoms with van der Waals surface area (Å²) in [6, 6.07) is 31.1. The zero-order valence-corrected chi connectivity index (χ0v) is 32.8. The highest BCUT2D eigenvalue weighted by Crippen LogP contribution is 2.65. The molecule has 60 heavy (non-hydrogen) atoms. The number of hydrogen-bond acceptors (Lipinski definition) is 11. The van der Waals surface area contributed by atoms with Gasteiger partial charge in [0.1, 0.15) is 29.9 Å². The fourth-order valence-corrected chi connectivity index (χ4v) is 9.56. The number of anilines is 2. The molecule has 6 atom stereocenters. The molecule has 5 aromatic rings. The highest BCUT2D eigenvalue weighted by Gasteiger charge is 2.74. The van der Waals surface area contributed by atoms with E-state index in [-0.39, 0.29) is 32.1 Å². The topological polar surface area (TPSA) is 158 Å². The number of nitrogens with zero attached hydrogens (tertiary/aromatic N) is 5. The van der Waals surface area contributed by atoms with Crippen LogP contribution in [0.1, 0.15) is 52.4 Å². The van der Waals surface area contributed by atoms with Gasteiger partial charge in [0, 0.05) is 56.2 Å². The summed E-state index contributed by atoms with van der Waals surface area (Å²) in [6.45, 7) is 1.34. The first-order chi connectivity index (χ1) is 29.4. The zero-order valence-electron chi connectivity index (χ0n) is 32.8. The van der Waals surface area contributed by atoms with Crippen molar-refractivity contribution in [2.24, 2.45) is 5.92 Å². The number of nitrogens with one attached hydrogen (secondary N) is 1. The fraction of sp³-hybridized carbons (Fsp3) is 0.298. The average Bonchev–Trinajstić information content (AvgIpc) is 3.77. The van der Waals surface area contributed by atoms with E-state index in [4.69, 9.17) is 9.47 Å². The molecule has 3 saturated heterocycles. The number of cyclic esters (lactones) is 1. The summed E-state index contributed by atoms with van der Waals surface area (Å²) in [5.41, 5.74) is 2.30. The summed E-state index contributed by atoms with van der Waals surface area (Å²) in [7, 11) is 0. The Morgan fingerprint density at radius 3 is 2.20 bits per heavy atom. The van der Waals surface area contributed by atoms with Gasteiger partial charge in [0.25, 0.3) is 0 Å². The number of aromatic nitrogens is 2. The molecule has 0 bridgehead atoms. The van der Waals surface area contributed by atoms with Crippen LogP contribution in [0.2, 0.25) is 0 Å². The molecule has 3 N–H and O–H groups in total. The van der Waals surface area contributed by atoms with E-state index in [0.29, 0.717) is 60.3 Å². The molecule has 304 valence electrons. The Labute approximate surface area is 347 Å². The quantitative estimate of drug-likeness (QED) is 0.145. The summed E-state index contributed by atoms with van der Waals surface area (Å²) in [5, 5.41) is 22.2. The minimum Gasteiger partial charge on any atom is -0.491 e. The maximum absolute atomic E-state index is 15.8. The van der Waals surface area contributed by atoms with Gasteiger partial charge in [-0.1, -0.05) is 84.6 Å². The van der Waals surface area contributed by atoms with Crippen LogP contribution in [0.4, 0.5) is 11.6 Å². The van der Waals surface area contributed by atoms with Crippen LogP contribution in [0.3, 0.4) is 0 Å². The third-order valence-electron chi connectivity index (χ3n) is 12.0. The molecule has 0 aliphatic carbocycles. The Bertz CT molecular complexity index is 2420. The SMILES string of the molecule is O=C1O[C@H](c2ccccc2)[C@H](c2ccccc2)N2[C@H]1[C@@H](C(=O)N1CCN(c3ncccn3)CC1)[C@]1(C(=O)Nc3ccc(C#CCCO)cc31)[C@H]2c1ccc(OCCO)cc1. The average molecular weight is 805 g/mol. The van der Waals surface area contributed by atoms with Crippen molar-refractivity contribution in [3.05, 3.63) is 149 Å². The largest absolute Gasteiger partial charge is 0.491 e. The van der Waals surface area contributed by atoms with Gasteiger partial charge in [-0.2, -0.15) is 0 Å². The summed E-state index contributed by atoms with van der Waals surface area (Å²) in [6.07, 6.45) is 2.82. The van der Waals surface area contributed by atoms with E-state index in [1.54, 1.807) is 47.6 Å². The maximum Gasteiger partial charge on any atom is 0.324 e. The lowest BCUT2D eigenvalue weighted by Gasteiger charge is -2.46. The van der Waals surface area contributed by atoms with Crippen molar-refractivity contribution in [3.63, 3.8) is 0 Å². The number of carbonyl (C=O) groups excluding carboxylic acids is 3. The monoisotopic (exact) mass is 804 g/mol. The number of rotatable bonds is 9. The lowest BCUT2D eigenvalue weighted by atomic mass is 9.65. The Morgan fingerprint density at radius 2 is 1.52 bits per heavy atom. The van der Waals surface area contributed by atoms with Gasteiger partial charge in [0.2, 0.25) is 17.8 Å². The standard InChI is InChI=1S/C47H44N6O7/c54-27-8-7-10-31-15-20-37-36(30-31)47(45(58)50-37)38(43(56)51-23-25-52(26-24-51)46-48-21-9-22-49-46)40-44(57)60-41(33-13-5-2-6-14-33)39(32-11-3-1-4-12-32)53(40)42(47)34-16-18-35(19-17-34)59-29-28-55/h1-6,9,11-22,30,38-42,54-55H,8,23-29H2,(H,50,58)/t38-,39-,40-,41+,42+,47-/m0/s1. The molecule has 5 heterocycles. The van der Waals surface area contributed by atoms with Crippen LogP contribution in [-0.4, -0.2) is 99.8 Å². The van der Waals surface area contributed by atoms with Crippen LogP contribution < -0.4 is 15.0 Å². The van der Waals surface area contributed by atoms with Gasteiger partial charge in [-0.3, -0.25) is 19.3 Å². The van der Waals surface area contributed by atoms with Crippen molar-refractivity contribution >= 4 is 29.4 Å². The smallest absolute Gasteiger partial charge is 0.324 e. The van der Waals surface area contributed by atoms with Gasteiger partial charge in [-0.25, -0.2) is 9.97 Å². The number of aliphatic hydroxyl groups is 2. The number of benzene rings is 4. The second-order valence-electron chi connectivity index (χ2n) is 15.3. The van der Waals surface area contributed by atoms with E-state index in [2.05, 4.69) is 32.0 Å². The van der Waals surface area contributed by atoms with Gasteiger partial charge < -0.3 is 34.8 Å². The van der Waals surface area contributed by atoms with Gasteiger partial charge in [0.05, 0.1) is 31.2 Å². The molecule has 4 aromatic carbocycles. The van der Waals surface area contributed by atoms with E-state index < -0.39 is 47.4 Å². The summed E-state index contributed by atoms with van der Waals surface area (Å²) >= 11 is 0. The molecule has 13 heteroatoms. The van der Waals surface area contributed by atoms with Crippen LogP contribution in [-0.2, 0) is 24.5 Å². The molecule has 0 unspecified atom stereocenters. The van der Waals surface area contributed by atoms with E-state index in [1.807, 2.05) is 83.8 Å². The first kappa shape index (κ1) is 38.9. The van der Waals surface area contributed by atoms with Crippen molar-refractivity contribution in [2.45, 2.75) is 36.1 Å². The minimum absolute atomic E-state index is 0.0949. The summed E-state index contributed by atoms with van der Waals surface area (Å²) in [5.74, 6) is 4.61. The lowest BCUT2D eigenvalue weighted by Crippen LogP contribution is -2.58. The molecular formula is C47H44N6O7. The van der Waals surface area contributed by atoms with E-state index in [1.165, 1.54) is 0 Å². The predicted molar refractivity (Wildman–Crippen MR) is 221 cm³/mol. The highest BCUT2D eigenvalue weighted by atomic mass is 16.6. The molecule has 0 saturated carbocycles. The molecule has 1 spiro atoms. The van der Waals surface area contributed by atoms with Crippen molar-refractivity contribution < 1.29 is 34.1 Å². The lowest BCUT2D eigenvalue weighted by molar-refractivity contribution is -0.179. The Hall–Kier alpha value is -6.59. The molecule has 9 rings (SSSR count). The van der Waals surface area contributed by atoms with Crippen LogP contribution in [0.15, 0.2) is 122 Å². The van der Waals surface area contributed by atoms with Gasteiger partial charge >= 0.3 is 5.97 Å². The van der Waals surface area contributed by atoms with Gasteiger partial charge in [-0.05, 0) is 58.7 Å². The Morgan fingerprint density at radius 1 is 0.817 bits per heavy atom. The van der Waals surface area contributed by atoms with Crippen molar-refractivity contribution in [2.75, 3.05) is 56.2 Å². The van der Waals surface area contributed by atoms with E-state index in [9.17, 15) is 10.2 Å². The van der Waals surface area contributed by atoms with Crippen molar-refractivity contribution in [3.8, 4) is 17.6 Å². The minimum atomic E-state index is -1.67. The van der Waals surface area contributed by atoms with Crippen molar-refractivity contribution in [1.29, 1.82) is 0 Å². The number of amides is 2. The third kappa shape index (κ3) is 6.72. The molecule has 0 radical (unpaired) electrons. The van der Waals surface area contributed by atoms with E-state index >= 15 is 14.4 Å². The molecule has 4 aliphatic rings. The maximum atomic E-state index is 15.8. The first-order valence-electron chi connectivity index (χ1n) is 20.2. The number of piperazine rings is 1. The summed E-state index contributed by atoms with van der Waals surface area (Å²) in [4.78, 5) is 61.1. The molecular weight excluding hydrogens is 761 g/mol. The number of morpholine rings is 1. The molecule has 13 nitrogen and oxygen atoms in total. The number of carbonyl (C=O) groups is 3. The normalized spacial score (nSPS) is 24.5. The second kappa shape index (κ2) is 16.6. The van der Waals surface area contributed by atoms with Crippen LogP contribution >= 0.6 is 0 Å². The van der Waals surface area contributed by atoms with Crippen LogP contribution in [0, 0.1) is 17.8 Å². The van der Waals surface area contributed by atoms with Gasteiger partial charge in [0.15, 0.2) is 0 Å². The Balaban J connectivity index is 1.27. The Kier molecular flexibility index (Phi) is 10.7. The first-order valence-corrected chi connectivity index (χ1v) is 20.2. The summed E-state index contributed by atoms with van der Waals surface area (Å²) < 4.78 is 12.3. The third-order valence-corrected chi connectivity index (χ3v) is 12.0. The number of hydrogen-bond donors (Lipinski definition) is 3. The fourth-order valence-electron chi connectivity index (χ4n) is 9.56. The number of fused-ring (bicyclic) bond motifs is 3. The number of ether oxygens (including phenoxy) is 2. The second-order valence-corrected chi connectivity index (χ2v) is 15.3. The number of esters is 1. The van der Waals surface area contributed by atoms with E-state index in [0.717, 1.165) is 11.1 Å². The number of aliphatic hydroxyl groups excluding tert-OH is 2. The molecule has 1 aromatic heterocycles. The zero-order chi connectivity index (χ0) is 41.2. The van der Waals surface area contributed by atoms with Crippen LogP contribution in [0.25, 0.3) is 0 Å².